The van der Waals surface area contributed by atoms with Gasteiger partial charge in [-0.2, -0.15) is 5.26 Å². The molecule has 2 N–H and O–H groups in total. The molecule has 4 heteroatoms. The summed E-state index contributed by atoms with van der Waals surface area (Å²) in [5, 5.41) is 14.6. The van der Waals surface area contributed by atoms with Crippen LogP contribution >= 0.6 is 0 Å². The van der Waals surface area contributed by atoms with Crippen LogP contribution in [0, 0.1) is 17.1 Å². The summed E-state index contributed by atoms with van der Waals surface area (Å²) in [4.78, 5) is 0. The number of likely N-dealkylation sites (N-methyl/N-ethyl adjacent to an activating group) is 1. The Morgan fingerprint density at radius 3 is 2.86 bits per heavy atom. The van der Waals surface area contributed by atoms with Crippen LogP contribution in [-0.4, -0.2) is 20.1 Å². The summed E-state index contributed by atoms with van der Waals surface area (Å²) >= 11 is 0. The number of nitrogens with zero attached hydrogens (tertiary/aromatic N) is 1. The Bertz CT molecular complexity index is 344. The van der Waals surface area contributed by atoms with E-state index in [4.69, 9.17) is 5.26 Å². The first-order valence-electron chi connectivity index (χ1n) is 4.36. The smallest absolute Gasteiger partial charge is 0.143 e. The van der Waals surface area contributed by atoms with Crippen LogP contribution in [-0.2, 0) is 0 Å². The summed E-state index contributed by atoms with van der Waals surface area (Å²) in [5.74, 6) is -0.484. The molecule has 1 aromatic rings. The van der Waals surface area contributed by atoms with Gasteiger partial charge in [0, 0.05) is 13.1 Å². The van der Waals surface area contributed by atoms with E-state index >= 15 is 0 Å². The van der Waals surface area contributed by atoms with Gasteiger partial charge in [0.25, 0.3) is 0 Å². The topological polar surface area (TPSA) is 47.8 Å². The van der Waals surface area contributed by atoms with Gasteiger partial charge < -0.3 is 10.6 Å². The van der Waals surface area contributed by atoms with Crippen molar-refractivity contribution in [2.45, 2.75) is 0 Å². The summed E-state index contributed by atoms with van der Waals surface area (Å²) in [6.07, 6.45) is 0. The minimum absolute atomic E-state index is 0.0728. The van der Waals surface area contributed by atoms with Crippen LogP contribution in [0.2, 0.25) is 0 Å². The highest BCUT2D eigenvalue weighted by Gasteiger charge is 2.05. The lowest BCUT2D eigenvalue weighted by molar-refractivity contribution is 0.624. The molecule has 0 amide bonds. The lowest BCUT2D eigenvalue weighted by atomic mass is 10.2. The minimum atomic E-state index is -0.484. The van der Waals surface area contributed by atoms with Crippen LogP contribution in [0.1, 0.15) is 5.56 Å². The number of anilines is 1. The first kappa shape index (κ1) is 10.5. The van der Waals surface area contributed by atoms with E-state index in [1.54, 1.807) is 12.1 Å². The fraction of sp³-hybridized carbons (Fsp3) is 0.300. The lowest BCUT2D eigenvalue weighted by Gasteiger charge is -2.07. The molecule has 0 aliphatic carbocycles. The average molecular weight is 193 g/mol. The SMILES string of the molecule is CNCCNc1cccc(F)c1C#N. The standard InChI is InChI=1S/C10H12FN3/c1-13-5-6-14-10-4-2-3-9(11)8(10)7-12/h2-4,13-14H,5-6H2,1H3. The van der Waals surface area contributed by atoms with Crippen molar-refractivity contribution in [2.75, 3.05) is 25.5 Å². The van der Waals surface area contributed by atoms with Gasteiger partial charge in [0.05, 0.1) is 5.69 Å². The van der Waals surface area contributed by atoms with Crippen LogP contribution in [0.15, 0.2) is 18.2 Å². The molecule has 0 saturated heterocycles. The maximum atomic E-state index is 13.1. The Labute approximate surface area is 82.5 Å². The fourth-order valence-electron chi connectivity index (χ4n) is 1.11. The quantitative estimate of drug-likeness (QED) is 0.709. The van der Waals surface area contributed by atoms with Gasteiger partial charge in [-0.25, -0.2) is 4.39 Å². The van der Waals surface area contributed by atoms with Crippen molar-refractivity contribution in [1.82, 2.24) is 5.32 Å². The Morgan fingerprint density at radius 1 is 1.43 bits per heavy atom. The fourth-order valence-corrected chi connectivity index (χ4v) is 1.11. The highest BCUT2D eigenvalue weighted by atomic mass is 19.1. The van der Waals surface area contributed by atoms with E-state index in [2.05, 4.69) is 10.6 Å². The number of nitriles is 1. The number of rotatable bonds is 4. The molecule has 0 aliphatic rings. The molecule has 0 saturated carbocycles. The molecular weight excluding hydrogens is 181 g/mol. The molecular formula is C10H12FN3. The van der Waals surface area contributed by atoms with E-state index in [-0.39, 0.29) is 5.56 Å². The molecule has 0 atom stereocenters. The maximum Gasteiger partial charge on any atom is 0.143 e. The summed E-state index contributed by atoms with van der Waals surface area (Å²) in [7, 11) is 1.83. The van der Waals surface area contributed by atoms with Gasteiger partial charge >= 0.3 is 0 Å². The normalized spacial score (nSPS) is 9.50. The van der Waals surface area contributed by atoms with Crippen LogP contribution in [0.4, 0.5) is 10.1 Å². The Balaban J connectivity index is 2.76. The number of benzene rings is 1. The highest BCUT2D eigenvalue weighted by molar-refractivity contribution is 5.57. The second kappa shape index (κ2) is 5.20. The monoisotopic (exact) mass is 193 g/mol. The molecule has 1 aromatic carbocycles. The largest absolute Gasteiger partial charge is 0.383 e. The van der Waals surface area contributed by atoms with Gasteiger partial charge in [0.1, 0.15) is 17.4 Å². The van der Waals surface area contributed by atoms with Crippen LogP contribution in [0.3, 0.4) is 0 Å². The van der Waals surface area contributed by atoms with Gasteiger partial charge in [0.15, 0.2) is 0 Å². The van der Waals surface area contributed by atoms with Crippen LogP contribution < -0.4 is 10.6 Å². The summed E-state index contributed by atoms with van der Waals surface area (Å²) in [5.41, 5.74) is 0.617. The molecule has 14 heavy (non-hydrogen) atoms. The third-order valence-corrected chi connectivity index (χ3v) is 1.82. The van der Waals surface area contributed by atoms with Gasteiger partial charge in [-0.05, 0) is 19.2 Å². The summed E-state index contributed by atoms with van der Waals surface area (Å²) in [6, 6.07) is 6.39. The molecule has 0 unspecified atom stereocenters. The molecule has 0 fully saturated rings. The Hall–Kier alpha value is -1.60. The van der Waals surface area contributed by atoms with Crippen LogP contribution in [0.25, 0.3) is 0 Å². The molecule has 1 rings (SSSR count). The van der Waals surface area contributed by atoms with E-state index in [0.717, 1.165) is 6.54 Å². The Kier molecular flexibility index (Phi) is 3.89. The zero-order chi connectivity index (χ0) is 10.4. The van der Waals surface area contributed by atoms with Crippen LogP contribution in [0.5, 0.6) is 0 Å². The molecule has 0 aliphatic heterocycles. The predicted octanol–water partition coefficient (Wildman–Crippen LogP) is 1.33. The molecule has 0 radical (unpaired) electrons. The molecule has 0 spiro atoms. The van der Waals surface area contributed by atoms with Gasteiger partial charge in [-0.1, -0.05) is 6.07 Å². The highest BCUT2D eigenvalue weighted by Crippen LogP contribution is 2.16. The molecule has 0 heterocycles. The second-order valence-electron chi connectivity index (χ2n) is 2.80. The third kappa shape index (κ3) is 2.44. The first-order chi connectivity index (χ1) is 6.79. The van der Waals surface area contributed by atoms with Gasteiger partial charge in [0.2, 0.25) is 0 Å². The molecule has 0 bridgehead atoms. The van der Waals surface area contributed by atoms with Crippen molar-refractivity contribution in [3.05, 3.63) is 29.6 Å². The molecule has 0 aromatic heterocycles. The Morgan fingerprint density at radius 2 is 2.21 bits per heavy atom. The van der Waals surface area contributed by atoms with E-state index in [1.165, 1.54) is 6.07 Å². The zero-order valence-electron chi connectivity index (χ0n) is 7.97. The number of nitrogens with one attached hydrogen (secondary N) is 2. The second-order valence-corrected chi connectivity index (χ2v) is 2.80. The average Bonchev–Trinajstić information content (AvgIpc) is 2.18. The number of halogens is 1. The van der Waals surface area contributed by atoms with Crippen molar-refractivity contribution in [1.29, 1.82) is 5.26 Å². The van der Waals surface area contributed by atoms with Crippen molar-refractivity contribution in [3.8, 4) is 6.07 Å². The van der Waals surface area contributed by atoms with Crippen molar-refractivity contribution in [3.63, 3.8) is 0 Å². The van der Waals surface area contributed by atoms with Crippen molar-refractivity contribution < 1.29 is 4.39 Å². The summed E-state index contributed by atoms with van der Waals surface area (Å²) in [6.45, 7) is 1.43. The maximum absolute atomic E-state index is 13.1. The van der Waals surface area contributed by atoms with E-state index in [1.807, 2.05) is 13.1 Å². The predicted molar refractivity (Wildman–Crippen MR) is 53.5 cm³/mol. The number of hydrogen-bond acceptors (Lipinski definition) is 3. The lowest BCUT2D eigenvalue weighted by Crippen LogP contribution is -2.18. The first-order valence-corrected chi connectivity index (χ1v) is 4.36. The van der Waals surface area contributed by atoms with E-state index < -0.39 is 5.82 Å². The van der Waals surface area contributed by atoms with E-state index in [9.17, 15) is 4.39 Å². The zero-order valence-corrected chi connectivity index (χ0v) is 7.97. The van der Waals surface area contributed by atoms with E-state index in [0.29, 0.717) is 12.2 Å². The van der Waals surface area contributed by atoms with Gasteiger partial charge in [-0.3, -0.25) is 0 Å². The van der Waals surface area contributed by atoms with Gasteiger partial charge in [-0.15, -0.1) is 0 Å². The number of hydrogen-bond donors (Lipinski definition) is 2. The van der Waals surface area contributed by atoms with Crippen molar-refractivity contribution in [2.24, 2.45) is 0 Å². The summed E-state index contributed by atoms with van der Waals surface area (Å²) < 4.78 is 13.1. The molecule has 3 nitrogen and oxygen atoms in total. The van der Waals surface area contributed by atoms with Crippen molar-refractivity contribution >= 4 is 5.69 Å². The molecule has 74 valence electrons. The minimum Gasteiger partial charge on any atom is -0.383 e. The third-order valence-electron chi connectivity index (χ3n) is 1.82.